The van der Waals surface area contributed by atoms with E-state index in [1.807, 2.05) is 39.8 Å². The van der Waals surface area contributed by atoms with Gasteiger partial charge >= 0.3 is 0 Å². The fourth-order valence-corrected chi connectivity index (χ4v) is 6.33. The third-order valence-electron chi connectivity index (χ3n) is 7.84. The third kappa shape index (κ3) is 8.29. The Bertz CT molecular complexity index is 1670. The van der Waals surface area contributed by atoms with E-state index in [0.717, 1.165) is 52.8 Å². The molecule has 1 amide bonds. The predicted octanol–water partition coefficient (Wildman–Crippen LogP) is 8.30. The van der Waals surface area contributed by atoms with E-state index in [0.29, 0.717) is 30.9 Å². The number of carbonyl (C=O) groups excluding carboxylic acids is 1. The van der Waals surface area contributed by atoms with Crippen molar-refractivity contribution in [1.82, 2.24) is 4.90 Å². The van der Waals surface area contributed by atoms with Crippen LogP contribution in [0.4, 0.5) is 5.69 Å². The Labute approximate surface area is 263 Å². The highest BCUT2D eigenvalue weighted by Crippen LogP contribution is 2.28. The van der Waals surface area contributed by atoms with Gasteiger partial charge in [0.15, 0.2) is 0 Å². The highest BCUT2D eigenvalue weighted by atomic mass is 32.2. The molecule has 0 radical (unpaired) electrons. The van der Waals surface area contributed by atoms with Crippen molar-refractivity contribution in [2.75, 3.05) is 11.3 Å². The Kier molecular flexibility index (Phi) is 10.9. The van der Waals surface area contributed by atoms with Crippen molar-refractivity contribution in [3.05, 3.63) is 123 Å². The molecule has 0 unspecified atom stereocenters. The lowest BCUT2D eigenvalue weighted by molar-refractivity contribution is 0.0751. The quantitative estimate of drug-likeness (QED) is 0.165. The number of hydrogen-bond donors (Lipinski definition) is 1. The van der Waals surface area contributed by atoms with E-state index in [2.05, 4.69) is 55.0 Å². The van der Waals surface area contributed by atoms with Gasteiger partial charge in [-0.2, -0.15) is 0 Å². The van der Waals surface area contributed by atoms with Crippen LogP contribution in [0.3, 0.4) is 0 Å². The van der Waals surface area contributed by atoms with Gasteiger partial charge in [0.2, 0.25) is 0 Å². The van der Waals surface area contributed by atoms with Gasteiger partial charge in [0.05, 0.1) is 4.90 Å². The van der Waals surface area contributed by atoms with Gasteiger partial charge in [-0.15, -0.1) is 0 Å². The first-order chi connectivity index (χ1) is 21.0. The van der Waals surface area contributed by atoms with E-state index in [4.69, 9.17) is 4.74 Å². The molecule has 0 aliphatic heterocycles. The minimum atomic E-state index is -3.89. The highest BCUT2D eigenvalue weighted by Gasteiger charge is 2.22. The van der Waals surface area contributed by atoms with Crippen molar-refractivity contribution >= 4 is 21.6 Å². The van der Waals surface area contributed by atoms with E-state index in [9.17, 15) is 13.2 Å². The molecular formula is C37H44N2O4S. The van der Waals surface area contributed by atoms with Crippen molar-refractivity contribution in [3.63, 3.8) is 0 Å². The number of rotatable bonds is 13. The lowest BCUT2D eigenvalue weighted by Crippen LogP contribution is -2.31. The average Bonchev–Trinajstić information content (AvgIpc) is 2.99. The number of nitrogens with one attached hydrogen (secondary N) is 1. The van der Waals surface area contributed by atoms with Crippen LogP contribution in [0.5, 0.6) is 5.75 Å². The van der Waals surface area contributed by atoms with Gasteiger partial charge in [0.25, 0.3) is 15.9 Å². The molecule has 4 aromatic carbocycles. The number of carbonyl (C=O) groups is 1. The van der Waals surface area contributed by atoms with Crippen molar-refractivity contribution in [2.24, 2.45) is 0 Å². The molecule has 0 bridgehead atoms. The number of sulfonamides is 1. The molecule has 0 aliphatic rings. The summed E-state index contributed by atoms with van der Waals surface area (Å²) >= 11 is 0. The maximum absolute atomic E-state index is 13.8. The standard InChI is InChI=1S/C37H44N2O4S/c1-7-9-10-30-16-18-33(19-17-30)38-44(41,42)34-20-13-27(4)35(23-34)37(40)39(8-2)24-32-21-28(5)36(29(6)22-32)43-25-31-14-11-26(3)12-15-31/h11-23,38H,7-10,24-25H2,1-6H3. The van der Waals surface area contributed by atoms with Crippen LogP contribution in [0.2, 0.25) is 0 Å². The molecule has 0 saturated heterocycles. The van der Waals surface area contributed by atoms with Crippen molar-refractivity contribution in [2.45, 2.75) is 78.9 Å². The second kappa shape index (κ2) is 14.6. The monoisotopic (exact) mass is 612 g/mol. The zero-order valence-corrected chi connectivity index (χ0v) is 27.6. The molecule has 232 valence electrons. The first-order valence-electron chi connectivity index (χ1n) is 15.3. The van der Waals surface area contributed by atoms with Crippen LogP contribution in [0, 0.1) is 27.7 Å². The number of aryl methyl sites for hydroxylation is 5. The molecule has 0 aliphatic carbocycles. The van der Waals surface area contributed by atoms with Gasteiger partial charge in [0, 0.05) is 24.3 Å². The molecular weight excluding hydrogens is 568 g/mol. The first-order valence-corrected chi connectivity index (χ1v) is 16.8. The van der Waals surface area contributed by atoms with Crippen molar-refractivity contribution in [3.8, 4) is 5.75 Å². The number of nitrogens with zero attached hydrogens (tertiary/aromatic N) is 1. The fourth-order valence-electron chi connectivity index (χ4n) is 5.25. The summed E-state index contributed by atoms with van der Waals surface area (Å²) in [4.78, 5) is 15.6. The SMILES string of the molecule is CCCCc1ccc(NS(=O)(=O)c2ccc(C)c(C(=O)N(CC)Cc3cc(C)c(OCc4ccc(C)cc4)c(C)c3)c2)cc1. The second-order valence-electron chi connectivity index (χ2n) is 11.5. The van der Waals surface area contributed by atoms with Gasteiger partial charge in [0.1, 0.15) is 12.4 Å². The Morgan fingerprint density at radius 3 is 2.02 bits per heavy atom. The molecule has 0 atom stereocenters. The molecule has 4 aromatic rings. The second-order valence-corrected chi connectivity index (χ2v) is 13.2. The molecule has 0 heterocycles. The van der Waals surface area contributed by atoms with Crippen LogP contribution in [0.25, 0.3) is 0 Å². The summed E-state index contributed by atoms with van der Waals surface area (Å²) in [5.74, 6) is 0.637. The Morgan fingerprint density at radius 1 is 0.773 bits per heavy atom. The van der Waals surface area contributed by atoms with Gasteiger partial charge in [-0.1, -0.05) is 73.5 Å². The summed E-state index contributed by atoms with van der Waals surface area (Å²) in [6.45, 7) is 13.4. The molecule has 4 rings (SSSR count). The maximum atomic E-state index is 13.8. The summed E-state index contributed by atoms with van der Waals surface area (Å²) in [7, 11) is -3.89. The average molecular weight is 613 g/mol. The largest absolute Gasteiger partial charge is 0.488 e. The van der Waals surface area contributed by atoms with Crippen LogP contribution in [-0.2, 0) is 29.6 Å². The van der Waals surface area contributed by atoms with Crippen LogP contribution in [-0.4, -0.2) is 25.8 Å². The Balaban J connectivity index is 1.48. The summed E-state index contributed by atoms with van der Waals surface area (Å²) in [5, 5.41) is 0. The molecule has 44 heavy (non-hydrogen) atoms. The predicted molar refractivity (Wildman–Crippen MR) is 179 cm³/mol. The molecule has 0 spiro atoms. The fraction of sp³-hybridized carbons (Fsp3) is 0.324. The van der Waals surface area contributed by atoms with E-state index < -0.39 is 10.0 Å². The molecule has 6 nitrogen and oxygen atoms in total. The summed E-state index contributed by atoms with van der Waals surface area (Å²) < 4.78 is 35.4. The summed E-state index contributed by atoms with van der Waals surface area (Å²) in [6, 6.07) is 24.6. The maximum Gasteiger partial charge on any atom is 0.261 e. The number of amides is 1. The zero-order valence-electron chi connectivity index (χ0n) is 26.7. The van der Waals surface area contributed by atoms with Crippen LogP contribution in [0.1, 0.15) is 76.0 Å². The highest BCUT2D eigenvalue weighted by molar-refractivity contribution is 7.92. The number of unbranched alkanes of at least 4 members (excludes halogenated alkanes) is 1. The van der Waals surface area contributed by atoms with E-state index in [1.165, 1.54) is 17.2 Å². The number of benzene rings is 4. The molecule has 1 N–H and O–H groups in total. The Hall–Kier alpha value is -4.10. The van der Waals surface area contributed by atoms with E-state index >= 15 is 0 Å². The minimum Gasteiger partial charge on any atom is -0.488 e. The lowest BCUT2D eigenvalue weighted by atomic mass is 10.0. The minimum absolute atomic E-state index is 0.0549. The molecule has 0 saturated carbocycles. The van der Waals surface area contributed by atoms with Gasteiger partial charge in [-0.25, -0.2) is 8.42 Å². The lowest BCUT2D eigenvalue weighted by Gasteiger charge is -2.23. The number of anilines is 1. The first kappa shape index (κ1) is 32.8. The van der Waals surface area contributed by atoms with Crippen molar-refractivity contribution < 1.29 is 17.9 Å². The van der Waals surface area contributed by atoms with E-state index in [1.54, 1.807) is 29.2 Å². The molecule has 0 fully saturated rings. The number of hydrogen-bond acceptors (Lipinski definition) is 4. The third-order valence-corrected chi connectivity index (χ3v) is 9.22. The Morgan fingerprint density at radius 2 is 1.41 bits per heavy atom. The van der Waals surface area contributed by atoms with Gasteiger partial charge in [-0.3, -0.25) is 9.52 Å². The van der Waals surface area contributed by atoms with Crippen LogP contribution < -0.4 is 9.46 Å². The molecule has 7 heteroatoms. The van der Waals surface area contributed by atoms with Gasteiger partial charge < -0.3 is 9.64 Å². The van der Waals surface area contributed by atoms with Crippen LogP contribution >= 0.6 is 0 Å². The van der Waals surface area contributed by atoms with E-state index in [-0.39, 0.29) is 10.8 Å². The summed E-state index contributed by atoms with van der Waals surface area (Å²) in [5.41, 5.74) is 8.08. The smallest absolute Gasteiger partial charge is 0.261 e. The van der Waals surface area contributed by atoms with Crippen LogP contribution in [0.15, 0.2) is 83.8 Å². The molecule has 0 aromatic heterocycles. The summed E-state index contributed by atoms with van der Waals surface area (Å²) in [6.07, 6.45) is 3.16. The topological polar surface area (TPSA) is 75.7 Å². The van der Waals surface area contributed by atoms with Gasteiger partial charge in [-0.05, 0) is 105 Å². The normalized spacial score (nSPS) is 11.3. The van der Waals surface area contributed by atoms with Crippen molar-refractivity contribution in [1.29, 1.82) is 0 Å². The zero-order chi connectivity index (χ0) is 31.9. The number of ether oxygens (including phenoxy) is 1.